The second-order valence-corrected chi connectivity index (χ2v) is 7.15. The fraction of sp³-hybridized carbons (Fsp3) is 0.318. The zero-order chi connectivity index (χ0) is 19.0. The van der Waals surface area contributed by atoms with E-state index in [0.717, 1.165) is 37.3 Å². The molecule has 0 heterocycles. The highest BCUT2D eigenvalue weighted by Crippen LogP contribution is 2.43. The van der Waals surface area contributed by atoms with Crippen molar-refractivity contribution in [3.8, 4) is 0 Å². The lowest BCUT2D eigenvalue weighted by molar-refractivity contribution is -0.129. The van der Waals surface area contributed by atoms with Gasteiger partial charge in [0.05, 0.1) is 11.6 Å². The first-order valence-corrected chi connectivity index (χ1v) is 9.19. The van der Waals surface area contributed by atoms with Gasteiger partial charge in [0, 0.05) is 12.1 Å². The number of benzene rings is 2. The third kappa shape index (κ3) is 3.64. The Hall–Kier alpha value is -2.56. The molecule has 1 unspecified atom stereocenters. The van der Waals surface area contributed by atoms with Crippen LogP contribution in [0.5, 0.6) is 0 Å². The lowest BCUT2D eigenvalue weighted by atomic mass is 10.0. The Balaban J connectivity index is 1.69. The predicted molar refractivity (Wildman–Crippen MR) is 97.8 cm³/mol. The number of carbonyl (C=O) groups is 1. The summed E-state index contributed by atoms with van der Waals surface area (Å²) in [7, 11) is 0. The summed E-state index contributed by atoms with van der Waals surface area (Å²) in [5.41, 5.74) is 1.38. The molecule has 140 valence electrons. The van der Waals surface area contributed by atoms with Crippen LogP contribution in [0.4, 0.5) is 13.2 Å². The zero-order valence-corrected chi connectivity index (χ0v) is 14.7. The van der Waals surface area contributed by atoms with Crippen LogP contribution in [0.3, 0.4) is 0 Å². The van der Waals surface area contributed by atoms with Gasteiger partial charge < -0.3 is 4.90 Å². The van der Waals surface area contributed by atoms with Crippen LogP contribution < -0.4 is 0 Å². The molecule has 0 aromatic heterocycles. The molecular formula is C22H20F3NO. The number of carbonyl (C=O) groups excluding carboxylic acids is 1. The van der Waals surface area contributed by atoms with Crippen molar-refractivity contribution >= 4 is 11.5 Å². The molecule has 4 rings (SSSR count). The molecule has 0 N–H and O–H groups in total. The monoisotopic (exact) mass is 371 g/mol. The summed E-state index contributed by atoms with van der Waals surface area (Å²) in [5, 5.41) is 0. The maximum Gasteiger partial charge on any atom is 0.417 e. The first kappa shape index (κ1) is 17.8. The first-order chi connectivity index (χ1) is 12.9. The van der Waals surface area contributed by atoms with Crippen LogP contribution in [0, 0.1) is 0 Å². The quantitative estimate of drug-likeness (QED) is 0.667. The molecule has 2 aromatic rings. The molecule has 1 fully saturated rings. The number of nitrogens with zero attached hydrogens (tertiary/aromatic N) is 1. The van der Waals surface area contributed by atoms with Crippen molar-refractivity contribution in [1.29, 1.82) is 0 Å². The molecule has 1 amide bonds. The molecule has 0 bridgehead atoms. The minimum Gasteiger partial charge on any atom is -0.329 e. The van der Waals surface area contributed by atoms with Crippen molar-refractivity contribution in [3.05, 3.63) is 77.4 Å². The van der Waals surface area contributed by atoms with Crippen molar-refractivity contribution in [3.63, 3.8) is 0 Å². The molecule has 27 heavy (non-hydrogen) atoms. The number of halogens is 3. The smallest absolute Gasteiger partial charge is 0.329 e. The van der Waals surface area contributed by atoms with E-state index in [1.165, 1.54) is 17.7 Å². The number of aryl methyl sites for hydroxylation is 1. The number of rotatable bonds is 4. The minimum atomic E-state index is -4.58. The van der Waals surface area contributed by atoms with Crippen LogP contribution in [-0.4, -0.2) is 23.0 Å². The minimum absolute atomic E-state index is 0.0147. The van der Waals surface area contributed by atoms with Gasteiger partial charge in [-0.25, -0.2) is 0 Å². The number of fused-ring (bicyclic) bond motifs is 1. The van der Waals surface area contributed by atoms with Crippen LogP contribution >= 0.6 is 0 Å². The standard InChI is InChI=1S/C22H20F3NO/c23-22(24,25)19(16-7-2-1-3-8-16)14-21(27)26(17-11-12-17)20-13-10-15-6-4-5-9-18(15)20/h1-9,14,17,20H,10-13H2/b19-14+. The van der Waals surface area contributed by atoms with Gasteiger partial charge in [0.25, 0.3) is 0 Å². The van der Waals surface area contributed by atoms with Crippen molar-refractivity contribution in [2.24, 2.45) is 0 Å². The molecule has 0 saturated heterocycles. The molecule has 0 aliphatic heterocycles. The van der Waals surface area contributed by atoms with Gasteiger partial charge in [-0.3, -0.25) is 4.79 Å². The van der Waals surface area contributed by atoms with Crippen LogP contribution in [0.1, 0.15) is 42.0 Å². The van der Waals surface area contributed by atoms with Crippen molar-refractivity contribution < 1.29 is 18.0 Å². The topological polar surface area (TPSA) is 20.3 Å². The summed E-state index contributed by atoms with van der Waals surface area (Å²) in [6, 6.07) is 15.3. The summed E-state index contributed by atoms with van der Waals surface area (Å²) in [4.78, 5) is 14.7. The zero-order valence-electron chi connectivity index (χ0n) is 14.7. The lowest BCUT2D eigenvalue weighted by Gasteiger charge is -2.29. The number of hydrogen-bond acceptors (Lipinski definition) is 1. The van der Waals surface area contributed by atoms with E-state index >= 15 is 0 Å². The Morgan fingerprint density at radius 1 is 0.963 bits per heavy atom. The Kier molecular flexibility index (Phi) is 4.54. The van der Waals surface area contributed by atoms with Crippen molar-refractivity contribution in [2.45, 2.75) is 43.9 Å². The third-order valence-electron chi connectivity index (χ3n) is 5.29. The predicted octanol–water partition coefficient (Wildman–Crippen LogP) is 5.31. The molecule has 2 aromatic carbocycles. The first-order valence-electron chi connectivity index (χ1n) is 9.19. The summed E-state index contributed by atoms with van der Waals surface area (Å²) in [6.07, 6.45) is -0.474. The SMILES string of the molecule is O=C(/C=C(\c1ccccc1)C(F)(F)F)N(C1CC1)C1CCc2ccccc21. The average molecular weight is 371 g/mol. The Bertz CT molecular complexity index is 869. The van der Waals surface area contributed by atoms with Gasteiger partial charge in [-0.05, 0) is 42.4 Å². The molecule has 2 aliphatic carbocycles. The van der Waals surface area contributed by atoms with Gasteiger partial charge in [0.1, 0.15) is 0 Å². The molecule has 0 spiro atoms. The van der Waals surface area contributed by atoms with Crippen molar-refractivity contribution in [2.75, 3.05) is 0 Å². The van der Waals surface area contributed by atoms with E-state index in [-0.39, 0.29) is 17.6 Å². The summed E-state index contributed by atoms with van der Waals surface area (Å²) in [5.74, 6) is -0.546. The van der Waals surface area contributed by atoms with Gasteiger partial charge in [0.15, 0.2) is 0 Å². The highest BCUT2D eigenvalue weighted by atomic mass is 19.4. The number of alkyl halides is 3. The number of amides is 1. The van der Waals surface area contributed by atoms with E-state index < -0.39 is 17.7 Å². The Morgan fingerprint density at radius 2 is 1.63 bits per heavy atom. The van der Waals surface area contributed by atoms with E-state index in [9.17, 15) is 18.0 Å². The highest BCUT2D eigenvalue weighted by molar-refractivity contribution is 5.97. The van der Waals surface area contributed by atoms with Gasteiger partial charge in [-0.1, -0.05) is 54.6 Å². The fourth-order valence-electron chi connectivity index (χ4n) is 3.91. The number of hydrogen-bond donors (Lipinski definition) is 0. The van der Waals surface area contributed by atoms with E-state index in [1.807, 2.05) is 24.3 Å². The molecule has 5 heteroatoms. The maximum atomic E-state index is 13.6. The molecule has 0 radical (unpaired) electrons. The Morgan fingerprint density at radius 3 is 2.30 bits per heavy atom. The molecular weight excluding hydrogens is 351 g/mol. The molecule has 2 aliphatic rings. The van der Waals surface area contributed by atoms with E-state index in [4.69, 9.17) is 0 Å². The van der Waals surface area contributed by atoms with Crippen molar-refractivity contribution in [1.82, 2.24) is 4.90 Å². The van der Waals surface area contributed by atoms with E-state index in [1.54, 1.807) is 23.1 Å². The van der Waals surface area contributed by atoms with Crippen LogP contribution in [0.15, 0.2) is 60.7 Å². The molecule has 1 saturated carbocycles. The number of allylic oxidation sites excluding steroid dienone is 1. The van der Waals surface area contributed by atoms with Gasteiger partial charge in [-0.2, -0.15) is 13.2 Å². The summed E-state index contributed by atoms with van der Waals surface area (Å²) in [6.45, 7) is 0. The fourth-order valence-corrected chi connectivity index (χ4v) is 3.91. The van der Waals surface area contributed by atoms with Crippen LogP contribution in [-0.2, 0) is 11.2 Å². The lowest BCUT2D eigenvalue weighted by Crippen LogP contribution is -2.35. The second kappa shape index (κ2) is 6.87. The third-order valence-corrected chi connectivity index (χ3v) is 5.29. The summed E-state index contributed by atoms with van der Waals surface area (Å²) >= 11 is 0. The van der Waals surface area contributed by atoms with Gasteiger partial charge in [0.2, 0.25) is 5.91 Å². The maximum absolute atomic E-state index is 13.6. The van der Waals surface area contributed by atoms with E-state index in [0.29, 0.717) is 0 Å². The summed E-state index contributed by atoms with van der Waals surface area (Å²) < 4.78 is 40.9. The Labute approximate surface area is 156 Å². The van der Waals surface area contributed by atoms with E-state index in [2.05, 4.69) is 0 Å². The largest absolute Gasteiger partial charge is 0.417 e. The normalized spacial score (nSPS) is 19.7. The van der Waals surface area contributed by atoms with Gasteiger partial charge in [-0.15, -0.1) is 0 Å². The highest BCUT2D eigenvalue weighted by Gasteiger charge is 2.41. The van der Waals surface area contributed by atoms with Crippen LogP contribution in [0.2, 0.25) is 0 Å². The average Bonchev–Trinajstić information content (AvgIpc) is 3.39. The van der Waals surface area contributed by atoms with Gasteiger partial charge >= 0.3 is 6.18 Å². The molecule has 2 nitrogen and oxygen atoms in total. The van der Waals surface area contributed by atoms with Crippen LogP contribution in [0.25, 0.3) is 5.57 Å². The second-order valence-electron chi connectivity index (χ2n) is 7.15. The molecule has 1 atom stereocenters.